The standard InChI is InChI=1S/C13H14F3NO2/c1-8-6-9-4-2-3-5-17(12(18)19)11(9)7-10(8)13(14,15)16/h6-7H,2-5H2,1H3,(H,18,19). The van der Waals surface area contributed by atoms with Crippen LogP contribution in [-0.4, -0.2) is 17.7 Å². The molecule has 0 radical (unpaired) electrons. The summed E-state index contributed by atoms with van der Waals surface area (Å²) in [5.74, 6) is 0. The van der Waals surface area contributed by atoms with E-state index in [0.29, 0.717) is 18.4 Å². The molecule has 0 unspecified atom stereocenters. The fourth-order valence-corrected chi connectivity index (χ4v) is 2.42. The molecular formula is C13H14F3NO2. The molecule has 1 N–H and O–H groups in total. The molecule has 1 aliphatic rings. The van der Waals surface area contributed by atoms with E-state index in [-0.39, 0.29) is 17.8 Å². The number of alkyl halides is 3. The summed E-state index contributed by atoms with van der Waals surface area (Å²) in [6.07, 6.45) is -3.63. The number of halogens is 3. The molecule has 3 nitrogen and oxygen atoms in total. The van der Waals surface area contributed by atoms with Gasteiger partial charge in [0.1, 0.15) is 0 Å². The minimum absolute atomic E-state index is 0.137. The number of nitrogens with zero attached hydrogens (tertiary/aromatic N) is 1. The van der Waals surface area contributed by atoms with E-state index >= 15 is 0 Å². The van der Waals surface area contributed by atoms with Crippen molar-refractivity contribution in [3.63, 3.8) is 0 Å². The molecule has 1 aliphatic heterocycles. The summed E-state index contributed by atoms with van der Waals surface area (Å²) in [6, 6.07) is 2.42. The van der Waals surface area contributed by atoms with Crippen LogP contribution in [0.3, 0.4) is 0 Å². The fourth-order valence-electron chi connectivity index (χ4n) is 2.42. The van der Waals surface area contributed by atoms with Gasteiger partial charge in [0.05, 0.1) is 11.3 Å². The largest absolute Gasteiger partial charge is 0.465 e. The predicted octanol–water partition coefficient (Wildman–Crippen LogP) is 3.83. The van der Waals surface area contributed by atoms with Crippen molar-refractivity contribution in [1.29, 1.82) is 0 Å². The Morgan fingerprint density at radius 3 is 2.58 bits per heavy atom. The quantitative estimate of drug-likeness (QED) is 0.780. The molecule has 1 heterocycles. The van der Waals surface area contributed by atoms with Gasteiger partial charge in [-0.3, -0.25) is 4.90 Å². The zero-order valence-corrected chi connectivity index (χ0v) is 10.4. The number of carbonyl (C=O) groups is 1. The predicted molar refractivity (Wildman–Crippen MR) is 64.5 cm³/mol. The highest BCUT2D eigenvalue weighted by Crippen LogP contribution is 2.37. The maximum absolute atomic E-state index is 12.9. The Bertz CT molecular complexity index is 511. The highest BCUT2D eigenvalue weighted by molar-refractivity contribution is 5.87. The zero-order valence-electron chi connectivity index (χ0n) is 10.4. The maximum Gasteiger partial charge on any atom is 0.416 e. The van der Waals surface area contributed by atoms with E-state index in [0.717, 1.165) is 17.4 Å². The maximum atomic E-state index is 12.9. The third kappa shape index (κ3) is 2.67. The van der Waals surface area contributed by atoms with Crippen LogP contribution in [0.2, 0.25) is 0 Å². The van der Waals surface area contributed by atoms with Crippen molar-refractivity contribution in [3.8, 4) is 0 Å². The minimum atomic E-state index is -4.46. The van der Waals surface area contributed by atoms with E-state index in [4.69, 9.17) is 5.11 Å². The van der Waals surface area contributed by atoms with Crippen molar-refractivity contribution in [2.24, 2.45) is 0 Å². The van der Waals surface area contributed by atoms with E-state index in [2.05, 4.69) is 0 Å². The van der Waals surface area contributed by atoms with Crippen molar-refractivity contribution >= 4 is 11.8 Å². The number of carboxylic acid groups (broad SMARTS) is 1. The number of hydrogen-bond donors (Lipinski definition) is 1. The lowest BCUT2D eigenvalue weighted by atomic mass is 9.99. The van der Waals surface area contributed by atoms with E-state index in [9.17, 15) is 18.0 Å². The first kappa shape index (κ1) is 13.7. The normalized spacial score (nSPS) is 15.9. The van der Waals surface area contributed by atoms with Gasteiger partial charge in [0.15, 0.2) is 0 Å². The second-order valence-corrected chi connectivity index (χ2v) is 4.68. The van der Waals surface area contributed by atoms with Crippen molar-refractivity contribution in [1.82, 2.24) is 0 Å². The molecule has 1 aromatic carbocycles. The molecule has 6 heteroatoms. The summed E-state index contributed by atoms with van der Waals surface area (Å²) >= 11 is 0. The summed E-state index contributed by atoms with van der Waals surface area (Å²) in [6.45, 7) is 1.64. The summed E-state index contributed by atoms with van der Waals surface area (Å²) in [7, 11) is 0. The van der Waals surface area contributed by atoms with Gasteiger partial charge in [0.2, 0.25) is 0 Å². The second-order valence-electron chi connectivity index (χ2n) is 4.68. The average Bonchev–Trinajstić information content (AvgIpc) is 2.48. The Labute approximate surface area is 108 Å². The first-order valence-electron chi connectivity index (χ1n) is 6.02. The molecule has 0 bridgehead atoms. The Balaban J connectivity index is 2.59. The first-order valence-corrected chi connectivity index (χ1v) is 6.02. The van der Waals surface area contributed by atoms with Gasteiger partial charge in [-0.15, -0.1) is 0 Å². The summed E-state index contributed by atoms with van der Waals surface area (Å²) in [4.78, 5) is 12.2. The van der Waals surface area contributed by atoms with Crippen LogP contribution < -0.4 is 4.90 Å². The van der Waals surface area contributed by atoms with Crippen LogP contribution in [0.5, 0.6) is 0 Å². The molecule has 104 valence electrons. The molecule has 0 spiro atoms. The number of benzene rings is 1. The van der Waals surface area contributed by atoms with Gasteiger partial charge in [-0.2, -0.15) is 13.2 Å². The SMILES string of the molecule is Cc1cc2c(cc1C(F)(F)F)N(C(=O)O)CCCC2. The molecular weight excluding hydrogens is 259 g/mol. The summed E-state index contributed by atoms with van der Waals surface area (Å²) < 4.78 is 38.6. The number of aryl methyl sites for hydroxylation is 2. The molecule has 0 saturated carbocycles. The molecule has 0 atom stereocenters. The van der Waals surface area contributed by atoms with E-state index in [1.54, 1.807) is 0 Å². The number of amides is 1. The van der Waals surface area contributed by atoms with E-state index < -0.39 is 17.8 Å². The smallest absolute Gasteiger partial charge is 0.416 e. The Kier molecular flexibility index (Phi) is 3.43. The van der Waals surface area contributed by atoms with Crippen molar-refractivity contribution in [2.75, 3.05) is 11.4 Å². The number of hydrogen-bond acceptors (Lipinski definition) is 1. The average molecular weight is 273 g/mol. The van der Waals surface area contributed by atoms with Gasteiger partial charge in [-0.25, -0.2) is 4.79 Å². The van der Waals surface area contributed by atoms with Crippen LogP contribution in [-0.2, 0) is 12.6 Å². The second kappa shape index (κ2) is 4.75. The van der Waals surface area contributed by atoms with Gasteiger partial charge in [0.25, 0.3) is 0 Å². The fraction of sp³-hybridized carbons (Fsp3) is 0.462. The third-order valence-corrected chi connectivity index (χ3v) is 3.33. The lowest BCUT2D eigenvalue weighted by Gasteiger charge is -2.22. The van der Waals surface area contributed by atoms with E-state index in [1.807, 2.05) is 0 Å². The summed E-state index contributed by atoms with van der Waals surface area (Å²) in [5, 5.41) is 9.12. The van der Waals surface area contributed by atoms with Crippen LogP contribution in [0, 0.1) is 6.92 Å². The number of rotatable bonds is 0. The molecule has 0 saturated heterocycles. The van der Waals surface area contributed by atoms with Crippen LogP contribution in [0.4, 0.5) is 23.7 Å². The van der Waals surface area contributed by atoms with Gasteiger partial charge >= 0.3 is 12.3 Å². The Morgan fingerprint density at radius 1 is 1.32 bits per heavy atom. The molecule has 0 fully saturated rings. The number of anilines is 1. The molecule has 1 amide bonds. The highest BCUT2D eigenvalue weighted by atomic mass is 19.4. The molecule has 1 aromatic rings. The Hall–Kier alpha value is -1.72. The number of fused-ring (bicyclic) bond motifs is 1. The lowest BCUT2D eigenvalue weighted by molar-refractivity contribution is -0.138. The highest BCUT2D eigenvalue weighted by Gasteiger charge is 2.34. The lowest BCUT2D eigenvalue weighted by Crippen LogP contribution is -2.30. The van der Waals surface area contributed by atoms with Crippen LogP contribution >= 0.6 is 0 Å². The van der Waals surface area contributed by atoms with Crippen LogP contribution in [0.1, 0.15) is 29.5 Å². The van der Waals surface area contributed by atoms with Gasteiger partial charge in [-0.1, -0.05) is 6.07 Å². The summed E-state index contributed by atoms with van der Waals surface area (Å²) in [5.41, 5.74) is 0.214. The molecule has 0 aromatic heterocycles. The van der Waals surface area contributed by atoms with Gasteiger partial charge < -0.3 is 5.11 Å². The van der Waals surface area contributed by atoms with Crippen LogP contribution in [0.25, 0.3) is 0 Å². The van der Waals surface area contributed by atoms with E-state index in [1.165, 1.54) is 13.0 Å². The monoisotopic (exact) mass is 273 g/mol. The Morgan fingerprint density at radius 2 is 2.00 bits per heavy atom. The third-order valence-electron chi connectivity index (χ3n) is 3.33. The van der Waals surface area contributed by atoms with Crippen molar-refractivity contribution in [3.05, 3.63) is 28.8 Å². The van der Waals surface area contributed by atoms with Crippen LogP contribution in [0.15, 0.2) is 12.1 Å². The zero-order chi connectivity index (χ0) is 14.2. The minimum Gasteiger partial charge on any atom is -0.465 e. The van der Waals surface area contributed by atoms with Gasteiger partial charge in [0, 0.05) is 6.54 Å². The van der Waals surface area contributed by atoms with Crippen molar-refractivity contribution < 1.29 is 23.1 Å². The van der Waals surface area contributed by atoms with Crippen molar-refractivity contribution in [2.45, 2.75) is 32.4 Å². The molecule has 2 rings (SSSR count). The first-order chi connectivity index (χ1) is 8.80. The topological polar surface area (TPSA) is 40.5 Å². The van der Waals surface area contributed by atoms with Gasteiger partial charge in [-0.05, 0) is 43.4 Å². The molecule has 0 aliphatic carbocycles. The molecule has 19 heavy (non-hydrogen) atoms.